The van der Waals surface area contributed by atoms with E-state index in [1.165, 1.54) is 6.07 Å². The highest BCUT2D eigenvalue weighted by molar-refractivity contribution is 5.71. The van der Waals surface area contributed by atoms with Gasteiger partial charge in [0.15, 0.2) is 11.6 Å². The average molecular weight is 296 g/mol. The van der Waals surface area contributed by atoms with Gasteiger partial charge in [0.25, 0.3) is 0 Å². The van der Waals surface area contributed by atoms with Crippen molar-refractivity contribution in [2.24, 2.45) is 17.3 Å². The number of carboxylic acid groups (broad SMARTS) is 1. The van der Waals surface area contributed by atoms with E-state index < -0.39 is 23.5 Å². The molecule has 21 heavy (non-hydrogen) atoms. The Morgan fingerprint density at radius 2 is 1.86 bits per heavy atom. The number of benzene rings is 1. The first-order valence-corrected chi connectivity index (χ1v) is 7.38. The molecular weight excluding hydrogens is 274 g/mol. The van der Waals surface area contributed by atoms with E-state index >= 15 is 0 Å². The zero-order valence-electron chi connectivity index (χ0n) is 12.7. The van der Waals surface area contributed by atoms with Crippen LogP contribution in [0.4, 0.5) is 8.78 Å². The first kappa shape index (κ1) is 15.9. The van der Waals surface area contributed by atoms with Gasteiger partial charge in [-0.15, -0.1) is 0 Å². The van der Waals surface area contributed by atoms with E-state index in [4.69, 9.17) is 0 Å². The summed E-state index contributed by atoms with van der Waals surface area (Å²) in [5.74, 6) is -3.05. The van der Waals surface area contributed by atoms with Gasteiger partial charge in [-0.1, -0.05) is 26.8 Å². The number of hydrogen-bond donors (Lipinski definition) is 1. The van der Waals surface area contributed by atoms with Crippen LogP contribution in [0.2, 0.25) is 0 Å². The molecule has 4 heteroatoms. The highest BCUT2D eigenvalue weighted by atomic mass is 19.2. The minimum atomic E-state index is -0.908. The van der Waals surface area contributed by atoms with Crippen LogP contribution in [0.3, 0.4) is 0 Å². The van der Waals surface area contributed by atoms with E-state index in [-0.39, 0.29) is 11.3 Å². The van der Waals surface area contributed by atoms with Gasteiger partial charge >= 0.3 is 5.97 Å². The summed E-state index contributed by atoms with van der Waals surface area (Å²) in [4.78, 5) is 11.5. The van der Waals surface area contributed by atoms with E-state index in [1.54, 1.807) is 0 Å². The first-order chi connectivity index (χ1) is 9.70. The quantitative estimate of drug-likeness (QED) is 0.866. The van der Waals surface area contributed by atoms with Gasteiger partial charge in [0.1, 0.15) is 0 Å². The summed E-state index contributed by atoms with van der Waals surface area (Å²) in [6.45, 7) is 6.42. The first-order valence-electron chi connectivity index (χ1n) is 7.38. The summed E-state index contributed by atoms with van der Waals surface area (Å²) < 4.78 is 26.6. The zero-order valence-corrected chi connectivity index (χ0v) is 12.7. The molecule has 1 aromatic carbocycles. The lowest BCUT2D eigenvalue weighted by Gasteiger charge is -2.40. The summed E-state index contributed by atoms with van der Waals surface area (Å²) in [5.41, 5.74) is 0.676. The maximum Gasteiger partial charge on any atom is 0.307 e. The Morgan fingerprint density at radius 1 is 1.19 bits per heavy atom. The van der Waals surface area contributed by atoms with Crippen molar-refractivity contribution in [2.45, 2.75) is 46.0 Å². The van der Waals surface area contributed by atoms with Crippen molar-refractivity contribution >= 4 is 5.97 Å². The molecule has 1 aliphatic carbocycles. The summed E-state index contributed by atoms with van der Waals surface area (Å²) in [5, 5.41) is 9.42. The lowest BCUT2D eigenvalue weighted by Crippen LogP contribution is -2.34. The fourth-order valence-electron chi connectivity index (χ4n) is 3.36. The maximum absolute atomic E-state index is 13.5. The van der Waals surface area contributed by atoms with Gasteiger partial charge in [0, 0.05) is 0 Å². The summed E-state index contributed by atoms with van der Waals surface area (Å²) in [7, 11) is 0. The molecule has 0 aromatic heterocycles. The third-order valence-corrected chi connectivity index (χ3v) is 4.76. The standard InChI is InChI=1S/C17H22F2O2/c1-17(2,3)11-5-6-12(16(20)21)13(9-11)10-4-7-14(18)15(19)8-10/h4,7-8,11-13H,5-6,9H2,1-3H3,(H,20,21). The van der Waals surface area contributed by atoms with Gasteiger partial charge < -0.3 is 5.11 Å². The Hall–Kier alpha value is -1.45. The second kappa shape index (κ2) is 5.74. The normalized spacial score (nSPS) is 26.6. The summed E-state index contributed by atoms with van der Waals surface area (Å²) >= 11 is 0. The molecule has 2 rings (SSSR count). The van der Waals surface area contributed by atoms with Gasteiger partial charge in [-0.2, -0.15) is 0 Å². The second-order valence-corrected chi connectivity index (χ2v) is 7.10. The molecule has 1 fully saturated rings. The maximum atomic E-state index is 13.5. The van der Waals surface area contributed by atoms with Crippen molar-refractivity contribution in [2.75, 3.05) is 0 Å². The van der Waals surface area contributed by atoms with Gasteiger partial charge in [-0.3, -0.25) is 4.79 Å². The van der Waals surface area contributed by atoms with Crippen LogP contribution in [0.15, 0.2) is 18.2 Å². The molecule has 1 aromatic rings. The lowest BCUT2D eigenvalue weighted by atomic mass is 9.64. The van der Waals surface area contributed by atoms with E-state index in [1.807, 2.05) is 0 Å². The van der Waals surface area contributed by atoms with Crippen molar-refractivity contribution in [1.82, 2.24) is 0 Å². The lowest BCUT2D eigenvalue weighted by molar-refractivity contribution is -0.144. The molecule has 0 aliphatic heterocycles. The molecule has 0 bridgehead atoms. The third kappa shape index (κ3) is 3.42. The fraction of sp³-hybridized carbons (Fsp3) is 0.588. The summed E-state index contributed by atoms with van der Waals surface area (Å²) in [6, 6.07) is 3.76. The molecule has 1 aliphatic rings. The molecule has 0 heterocycles. The largest absolute Gasteiger partial charge is 0.481 e. The van der Waals surface area contributed by atoms with Crippen molar-refractivity contribution in [3.8, 4) is 0 Å². The Bertz CT molecular complexity index is 534. The number of carbonyl (C=O) groups is 1. The van der Waals surface area contributed by atoms with Gasteiger partial charge in [0.2, 0.25) is 0 Å². The number of carboxylic acids is 1. The summed E-state index contributed by atoms with van der Waals surface area (Å²) in [6.07, 6.45) is 2.15. The second-order valence-electron chi connectivity index (χ2n) is 7.10. The highest BCUT2D eigenvalue weighted by Crippen LogP contribution is 2.47. The monoisotopic (exact) mass is 296 g/mol. The molecule has 2 nitrogen and oxygen atoms in total. The van der Waals surface area contributed by atoms with Crippen molar-refractivity contribution in [3.63, 3.8) is 0 Å². The van der Waals surface area contributed by atoms with Crippen LogP contribution in [0.25, 0.3) is 0 Å². The Kier molecular flexibility index (Phi) is 4.35. The minimum Gasteiger partial charge on any atom is -0.481 e. The van der Waals surface area contributed by atoms with Crippen LogP contribution in [-0.2, 0) is 4.79 Å². The zero-order chi connectivity index (χ0) is 15.8. The predicted molar refractivity (Wildman–Crippen MR) is 77.0 cm³/mol. The molecule has 116 valence electrons. The predicted octanol–water partition coefficient (Wildman–Crippen LogP) is 4.60. The molecule has 1 saturated carbocycles. The van der Waals surface area contributed by atoms with Crippen molar-refractivity contribution in [3.05, 3.63) is 35.4 Å². The Morgan fingerprint density at radius 3 is 2.38 bits per heavy atom. The molecule has 0 spiro atoms. The Labute approximate surface area is 124 Å². The molecule has 1 N–H and O–H groups in total. The molecule has 3 atom stereocenters. The van der Waals surface area contributed by atoms with Gasteiger partial charge in [-0.25, -0.2) is 8.78 Å². The van der Waals surface area contributed by atoms with Crippen molar-refractivity contribution < 1.29 is 18.7 Å². The van der Waals surface area contributed by atoms with Crippen LogP contribution in [0, 0.1) is 28.9 Å². The topological polar surface area (TPSA) is 37.3 Å². The average Bonchev–Trinajstić information content (AvgIpc) is 2.40. The van der Waals surface area contributed by atoms with Gasteiger partial charge in [0.05, 0.1) is 5.92 Å². The van der Waals surface area contributed by atoms with E-state index in [0.717, 1.165) is 18.6 Å². The van der Waals surface area contributed by atoms with Crippen LogP contribution in [-0.4, -0.2) is 11.1 Å². The van der Waals surface area contributed by atoms with Crippen LogP contribution >= 0.6 is 0 Å². The number of rotatable bonds is 2. The minimum absolute atomic E-state index is 0.0836. The molecule has 0 saturated heterocycles. The third-order valence-electron chi connectivity index (χ3n) is 4.76. The van der Waals surface area contributed by atoms with E-state index in [2.05, 4.69) is 20.8 Å². The number of hydrogen-bond acceptors (Lipinski definition) is 1. The molecule has 0 radical (unpaired) electrons. The number of halogens is 2. The van der Waals surface area contributed by atoms with E-state index in [9.17, 15) is 18.7 Å². The van der Waals surface area contributed by atoms with Crippen molar-refractivity contribution in [1.29, 1.82) is 0 Å². The fourth-order valence-corrected chi connectivity index (χ4v) is 3.36. The smallest absolute Gasteiger partial charge is 0.307 e. The SMILES string of the molecule is CC(C)(C)C1CCC(C(=O)O)C(c2ccc(F)c(F)c2)C1. The molecular formula is C17H22F2O2. The molecule has 0 amide bonds. The van der Waals surface area contributed by atoms with Crippen LogP contribution < -0.4 is 0 Å². The van der Waals surface area contributed by atoms with Gasteiger partial charge in [-0.05, 0) is 54.2 Å². The Balaban J connectivity index is 2.33. The number of aliphatic carboxylic acids is 1. The molecule has 3 unspecified atom stereocenters. The van der Waals surface area contributed by atoms with Crippen LogP contribution in [0.5, 0.6) is 0 Å². The van der Waals surface area contributed by atoms with E-state index in [0.29, 0.717) is 24.3 Å². The van der Waals surface area contributed by atoms with Crippen LogP contribution in [0.1, 0.15) is 51.5 Å². The highest BCUT2D eigenvalue weighted by Gasteiger charge is 2.39.